The van der Waals surface area contributed by atoms with Crippen LogP contribution in [0, 0.1) is 0 Å². The maximum atomic E-state index is 12.2. The Balaban J connectivity index is 0.00000176. The van der Waals surface area contributed by atoms with Crippen LogP contribution in [-0.4, -0.2) is 28.4 Å². The molecule has 0 aliphatic heterocycles. The van der Waals surface area contributed by atoms with Gasteiger partial charge in [-0.05, 0) is 29.5 Å². The molecular weight excluding hydrogens is 338 g/mol. The Bertz CT molecular complexity index is 681. The largest absolute Gasteiger partial charge is 0.481 e. The number of carboxylic acid groups (broad SMARTS) is 1. The van der Waals surface area contributed by atoms with Crippen LogP contribution >= 0.6 is 0 Å². The van der Waals surface area contributed by atoms with E-state index >= 15 is 0 Å². The number of rotatable bonds is 9. The monoisotopic (exact) mass is 369 g/mol. The van der Waals surface area contributed by atoms with Crippen molar-refractivity contribution in [3.05, 3.63) is 71.3 Å². The van der Waals surface area contributed by atoms with Gasteiger partial charge in [-0.15, -0.1) is 0 Å². The lowest BCUT2D eigenvalue weighted by molar-refractivity contribution is -0.136. The minimum atomic E-state index is -0.837. The van der Waals surface area contributed by atoms with Crippen molar-refractivity contribution in [3.63, 3.8) is 0 Å². The molecule has 0 radical (unpaired) electrons. The quantitative estimate of drug-likeness (QED) is 0.696. The first kappa shape index (κ1) is 22.4. The second-order valence-corrected chi connectivity index (χ2v) is 6.15. The third-order valence-corrected chi connectivity index (χ3v) is 4.14. The molecule has 2 aromatic rings. The highest BCUT2D eigenvalue weighted by Crippen LogP contribution is 2.11. The predicted octanol–water partition coefficient (Wildman–Crippen LogP) is 4.71. The van der Waals surface area contributed by atoms with E-state index in [1.807, 2.05) is 68.1 Å². The van der Waals surface area contributed by atoms with Crippen molar-refractivity contribution >= 4 is 11.9 Å². The molecule has 0 aliphatic rings. The number of amides is 1. The number of carbonyl (C=O) groups is 2. The summed E-state index contributed by atoms with van der Waals surface area (Å²) in [5.74, 6) is -0.695. The lowest BCUT2D eigenvalue weighted by Crippen LogP contribution is -2.31. The zero-order valence-corrected chi connectivity index (χ0v) is 16.6. The molecule has 0 saturated heterocycles. The van der Waals surface area contributed by atoms with E-state index in [-0.39, 0.29) is 12.3 Å². The average Bonchev–Trinajstić information content (AvgIpc) is 2.70. The van der Waals surface area contributed by atoms with Crippen LogP contribution in [0.3, 0.4) is 0 Å². The summed E-state index contributed by atoms with van der Waals surface area (Å²) in [6.45, 7) is 7.16. The lowest BCUT2D eigenvalue weighted by Gasteiger charge is -2.22. The van der Waals surface area contributed by atoms with Gasteiger partial charge in [0.1, 0.15) is 0 Å². The van der Waals surface area contributed by atoms with E-state index in [2.05, 4.69) is 12.1 Å². The zero-order valence-electron chi connectivity index (χ0n) is 16.6. The number of hydrogen-bond acceptors (Lipinski definition) is 2. The van der Waals surface area contributed by atoms with Gasteiger partial charge in [0.15, 0.2) is 0 Å². The lowest BCUT2D eigenvalue weighted by atomic mass is 10.1. The van der Waals surface area contributed by atoms with Gasteiger partial charge in [0.05, 0.1) is 6.42 Å². The molecule has 2 rings (SSSR count). The molecular formula is C23H31NO3. The van der Waals surface area contributed by atoms with Crippen LogP contribution in [0.2, 0.25) is 0 Å². The van der Waals surface area contributed by atoms with Crippen LogP contribution < -0.4 is 0 Å². The number of nitrogens with zero attached hydrogens (tertiary/aromatic N) is 1. The number of carboxylic acids is 1. The molecule has 146 valence electrons. The van der Waals surface area contributed by atoms with E-state index in [4.69, 9.17) is 5.11 Å². The van der Waals surface area contributed by atoms with Crippen molar-refractivity contribution in [2.75, 3.05) is 6.54 Å². The van der Waals surface area contributed by atoms with Gasteiger partial charge in [-0.2, -0.15) is 0 Å². The molecule has 0 heterocycles. The van der Waals surface area contributed by atoms with Crippen LogP contribution in [0.15, 0.2) is 54.6 Å². The van der Waals surface area contributed by atoms with Crippen LogP contribution in [0.1, 0.15) is 50.3 Å². The van der Waals surface area contributed by atoms with E-state index < -0.39 is 5.97 Å². The Hall–Kier alpha value is -2.62. The van der Waals surface area contributed by atoms with E-state index in [1.165, 1.54) is 5.56 Å². The standard InChI is InChI=1S/C21H25NO3.C2H6/c1-2-20(23)22(14-6-9-17-7-4-3-5-8-17)16-19-12-10-18(11-13-19)15-21(24)25;1-2/h3-5,7-8,10-13H,2,6,9,14-16H2,1H3,(H,24,25);1-2H3. The van der Waals surface area contributed by atoms with Crippen molar-refractivity contribution < 1.29 is 14.7 Å². The Morgan fingerprint density at radius 3 is 2.04 bits per heavy atom. The van der Waals surface area contributed by atoms with Gasteiger partial charge >= 0.3 is 5.97 Å². The summed E-state index contributed by atoms with van der Waals surface area (Å²) in [6, 6.07) is 17.7. The molecule has 0 atom stereocenters. The highest BCUT2D eigenvalue weighted by Gasteiger charge is 2.12. The molecule has 4 nitrogen and oxygen atoms in total. The van der Waals surface area contributed by atoms with Crippen molar-refractivity contribution in [2.24, 2.45) is 0 Å². The molecule has 0 fully saturated rings. The SMILES string of the molecule is CC.CCC(=O)N(CCCc1ccccc1)Cc1ccc(CC(=O)O)cc1. The third-order valence-electron chi connectivity index (χ3n) is 4.14. The Kier molecular flexibility index (Phi) is 10.5. The van der Waals surface area contributed by atoms with E-state index in [0.29, 0.717) is 13.0 Å². The number of aliphatic carboxylic acids is 1. The molecule has 0 spiro atoms. The molecule has 0 bridgehead atoms. The summed E-state index contributed by atoms with van der Waals surface area (Å²) in [5, 5.41) is 8.82. The summed E-state index contributed by atoms with van der Waals surface area (Å²) >= 11 is 0. The molecule has 1 amide bonds. The Labute approximate surface area is 162 Å². The van der Waals surface area contributed by atoms with E-state index in [9.17, 15) is 9.59 Å². The maximum Gasteiger partial charge on any atom is 0.307 e. The van der Waals surface area contributed by atoms with Crippen LogP contribution in [0.4, 0.5) is 0 Å². The minimum absolute atomic E-state index is 0.0228. The molecule has 0 aliphatic carbocycles. The maximum absolute atomic E-state index is 12.2. The van der Waals surface area contributed by atoms with Gasteiger partial charge in [-0.1, -0.05) is 75.4 Å². The molecule has 0 aromatic heterocycles. The number of aryl methyl sites for hydroxylation is 1. The van der Waals surface area contributed by atoms with Crippen LogP contribution in [0.5, 0.6) is 0 Å². The average molecular weight is 370 g/mol. The van der Waals surface area contributed by atoms with Gasteiger partial charge in [0.25, 0.3) is 0 Å². The summed E-state index contributed by atoms with van der Waals surface area (Å²) in [4.78, 5) is 24.8. The van der Waals surface area contributed by atoms with Gasteiger partial charge in [-0.25, -0.2) is 0 Å². The van der Waals surface area contributed by atoms with E-state index in [0.717, 1.165) is 30.5 Å². The topological polar surface area (TPSA) is 57.6 Å². The Morgan fingerprint density at radius 2 is 1.48 bits per heavy atom. The fourth-order valence-electron chi connectivity index (χ4n) is 2.79. The van der Waals surface area contributed by atoms with Crippen molar-refractivity contribution in [2.45, 2.75) is 53.0 Å². The van der Waals surface area contributed by atoms with Gasteiger partial charge in [0, 0.05) is 19.5 Å². The molecule has 2 aromatic carbocycles. The summed E-state index contributed by atoms with van der Waals surface area (Å²) < 4.78 is 0. The molecule has 0 unspecified atom stereocenters. The first-order chi connectivity index (χ1) is 13.1. The summed E-state index contributed by atoms with van der Waals surface area (Å²) in [7, 11) is 0. The van der Waals surface area contributed by atoms with Crippen molar-refractivity contribution in [1.82, 2.24) is 4.90 Å². The van der Waals surface area contributed by atoms with Crippen molar-refractivity contribution in [3.8, 4) is 0 Å². The number of carbonyl (C=O) groups excluding carboxylic acids is 1. The number of hydrogen-bond donors (Lipinski definition) is 1. The fourth-order valence-corrected chi connectivity index (χ4v) is 2.79. The van der Waals surface area contributed by atoms with Gasteiger partial charge in [-0.3, -0.25) is 9.59 Å². The first-order valence-corrected chi connectivity index (χ1v) is 9.69. The van der Waals surface area contributed by atoms with Gasteiger partial charge in [0.2, 0.25) is 5.91 Å². The van der Waals surface area contributed by atoms with Crippen LogP contribution in [0.25, 0.3) is 0 Å². The zero-order chi connectivity index (χ0) is 20.1. The second-order valence-electron chi connectivity index (χ2n) is 6.15. The smallest absolute Gasteiger partial charge is 0.307 e. The van der Waals surface area contributed by atoms with E-state index in [1.54, 1.807) is 0 Å². The second kappa shape index (κ2) is 12.7. The fraction of sp³-hybridized carbons (Fsp3) is 0.391. The molecule has 1 N–H and O–H groups in total. The Morgan fingerprint density at radius 1 is 0.889 bits per heavy atom. The highest BCUT2D eigenvalue weighted by molar-refractivity contribution is 5.75. The molecule has 27 heavy (non-hydrogen) atoms. The van der Waals surface area contributed by atoms with Crippen molar-refractivity contribution in [1.29, 1.82) is 0 Å². The highest BCUT2D eigenvalue weighted by atomic mass is 16.4. The summed E-state index contributed by atoms with van der Waals surface area (Å²) in [6.07, 6.45) is 2.39. The first-order valence-electron chi connectivity index (χ1n) is 9.69. The van der Waals surface area contributed by atoms with Gasteiger partial charge < -0.3 is 10.0 Å². The molecule has 4 heteroatoms. The summed E-state index contributed by atoms with van der Waals surface area (Å²) in [5.41, 5.74) is 3.08. The normalized spacial score (nSPS) is 9.89. The minimum Gasteiger partial charge on any atom is -0.481 e. The third kappa shape index (κ3) is 8.54. The molecule has 0 saturated carbocycles. The van der Waals surface area contributed by atoms with Crippen LogP contribution in [-0.2, 0) is 29.0 Å². The number of benzene rings is 2. The predicted molar refractivity (Wildman–Crippen MR) is 110 cm³/mol.